The lowest BCUT2D eigenvalue weighted by molar-refractivity contribution is 0.301. The molecular weight excluding hydrogens is 204 g/mol. The summed E-state index contributed by atoms with van der Waals surface area (Å²) in [6, 6.07) is 5.84. The van der Waals surface area contributed by atoms with Gasteiger partial charge in [0.25, 0.3) is 0 Å². The molecular formula is C8H12N2O3S. The Morgan fingerprint density at radius 2 is 1.86 bits per heavy atom. The quantitative estimate of drug-likeness (QED) is 0.594. The standard InChI is InChI=1S/C8H12N2O3S/c9-7-1-3-8(4-2-7)14(12,13)10-5-6-11/h1-4,10-11H,5-6,9H2. The van der Waals surface area contributed by atoms with Crippen LogP contribution in [0.1, 0.15) is 0 Å². The van der Waals surface area contributed by atoms with Crippen molar-refractivity contribution in [3.05, 3.63) is 24.3 Å². The maximum atomic E-state index is 11.4. The van der Waals surface area contributed by atoms with Gasteiger partial charge in [-0.15, -0.1) is 0 Å². The summed E-state index contributed by atoms with van der Waals surface area (Å²) in [5.74, 6) is 0. The minimum Gasteiger partial charge on any atom is -0.399 e. The Labute approximate surface area is 82.6 Å². The fourth-order valence-electron chi connectivity index (χ4n) is 0.910. The first-order chi connectivity index (χ1) is 6.56. The van der Waals surface area contributed by atoms with E-state index in [1.807, 2.05) is 0 Å². The molecule has 0 heterocycles. The third-order valence-electron chi connectivity index (χ3n) is 1.59. The van der Waals surface area contributed by atoms with Gasteiger partial charge < -0.3 is 10.8 Å². The van der Waals surface area contributed by atoms with Gasteiger partial charge in [-0.3, -0.25) is 0 Å². The fourth-order valence-corrected chi connectivity index (χ4v) is 1.93. The van der Waals surface area contributed by atoms with Gasteiger partial charge in [-0.25, -0.2) is 13.1 Å². The molecule has 1 aromatic rings. The van der Waals surface area contributed by atoms with Crippen LogP contribution in [0.25, 0.3) is 0 Å². The first-order valence-electron chi connectivity index (χ1n) is 4.02. The Hall–Kier alpha value is -1.11. The number of sulfonamides is 1. The molecule has 0 fully saturated rings. The van der Waals surface area contributed by atoms with Gasteiger partial charge >= 0.3 is 0 Å². The Morgan fingerprint density at radius 3 is 2.36 bits per heavy atom. The van der Waals surface area contributed by atoms with E-state index in [0.29, 0.717) is 5.69 Å². The molecule has 14 heavy (non-hydrogen) atoms. The highest BCUT2D eigenvalue weighted by Gasteiger charge is 2.11. The molecule has 0 unspecified atom stereocenters. The number of nitrogens with two attached hydrogens (primary N) is 1. The van der Waals surface area contributed by atoms with Gasteiger partial charge in [0.15, 0.2) is 0 Å². The van der Waals surface area contributed by atoms with E-state index in [0.717, 1.165) is 0 Å². The Bertz CT molecular complexity index is 386. The molecule has 0 radical (unpaired) electrons. The first-order valence-corrected chi connectivity index (χ1v) is 5.50. The molecule has 0 saturated heterocycles. The van der Waals surface area contributed by atoms with E-state index in [4.69, 9.17) is 10.8 Å². The SMILES string of the molecule is Nc1ccc(S(=O)(=O)NCCO)cc1. The van der Waals surface area contributed by atoms with Crippen molar-refractivity contribution in [3.8, 4) is 0 Å². The molecule has 0 aromatic heterocycles. The molecule has 0 spiro atoms. The van der Waals surface area contributed by atoms with Crippen molar-refractivity contribution < 1.29 is 13.5 Å². The van der Waals surface area contributed by atoms with Crippen molar-refractivity contribution in [2.75, 3.05) is 18.9 Å². The molecule has 0 amide bonds. The minimum absolute atomic E-state index is 0.00666. The Morgan fingerprint density at radius 1 is 1.29 bits per heavy atom. The summed E-state index contributed by atoms with van der Waals surface area (Å²) in [5.41, 5.74) is 5.92. The highest BCUT2D eigenvalue weighted by Crippen LogP contribution is 2.10. The van der Waals surface area contributed by atoms with Gasteiger partial charge in [-0.05, 0) is 24.3 Å². The highest BCUT2D eigenvalue weighted by molar-refractivity contribution is 7.89. The van der Waals surface area contributed by atoms with Crippen LogP contribution in [0.5, 0.6) is 0 Å². The lowest BCUT2D eigenvalue weighted by Gasteiger charge is -2.04. The monoisotopic (exact) mass is 216 g/mol. The fraction of sp³-hybridized carbons (Fsp3) is 0.250. The molecule has 0 atom stereocenters. The number of nitrogens with one attached hydrogen (secondary N) is 1. The van der Waals surface area contributed by atoms with Crippen LogP contribution in [0.2, 0.25) is 0 Å². The molecule has 6 heteroatoms. The second kappa shape index (κ2) is 4.41. The average molecular weight is 216 g/mol. The second-order valence-electron chi connectivity index (χ2n) is 2.69. The molecule has 1 rings (SSSR count). The van der Waals surface area contributed by atoms with Crippen LogP contribution in [0, 0.1) is 0 Å². The number of anilines is 1. The largest absolute Gasteiger partial charge is 0.399 e. The van der Waals surface area contributed by atoms with Gasteiger partial charge in [-0.1, -0.05) is 0 Å². The van der Waals surface area contributed by atoms with Gasteiger partial charge in [-0.2, -0.15) is 0 Å². The highest BCUT2D eigenvalue weighted by atomic mass is 32.2. The van der Waals surface area contributed by atoms with Crippen LogP contribution >= 0.6 is 0 Å². The van der Waals surface area contributed by atoms with Gasteiger partial charge in [0.05, 0.1) is 11.5 Å². The van der Waals surface area contributed by atoms with Crippen molar-refractivity contribution in [1.82, 2.24) is 4.72 Å². The predicted molar refractivity (Wildman–Crippen MR) is 53.1 cm³/mol. The number of benzene rings is 1. The van der Waals surface area contributed by atoms with E-state index in [1.54, 1.807) is 0 Å². The molecule has 0 bridgehead atoms. The first kappa shape index (κ1) is 11.0. The van der Waals surface area contributed by atoms with E-state index >= 15 is 0 Å². The molecule has 4 N–H and O–H groups in total. The van der Waals surface area contributed by atoms with Crippen LogP contribution in [0.3, 0.4) is 0 Å². The number of rotatable bonds is 4. The van der Waals surface area contributed by atoms with Crippen molar-refractivity contribution in [2.24, 2.45) is 0 Å². The van der Waals surface area contributed by atoms with Gasteiger partial charge in [0, 0.05) is 12.2 Å². The zero-order chi connectivity index (χ0) is 10.6. The van der Waals surface area contributed by atoms with Crippen molar-refractivity contribution in [1.29, 1.82) is 0 Å². The third-order valence-corrected chi connectivity index (χ3v) is 3.07. The van der Waals surface area contributed by atoms with Gasteiger partial charge in [0.2, 0.25) is 10.0 Å². The lowest BCUT2D eigenvalue weighted by Crippen LogP contribution is -2.26. The van der Waals surface area contributed by atoms with E-state index in [-0.39, 0.29) is 18.0 Å². The average Bonchev–Trinajstić information content (AvgIpc) is 2.16. The molecule has 5 nitrogen and oxygen atoms in total. The van der Waals surface area contributed by atoms with E-state index in [9.17, 15) is 8.42 Å². The van der Waals surface area contributed by atoms with Crippen LogP contribution in [-0.4, -0.2) is 26.7 Å². The van der Waals surface area contributed by atoms with Crippen LogP contribution in [-0.2, 0) is 10.0 Å². The summed E-state index contributed by atoms with van der Waals surface area (Å²) in [5, 5.41) is 8.47. The van der Waals surface area contributed by atoms with Crippen molar-refractivity contribution in [3.63, 3.8) is 0 Å². The van der Waals surface area contributed by atoms with E-state index in [2.05, 4.69) is 4.72 Å². The maximum Gasteiger partial charge on any atom is 0.240 e. The second-order valence-corrected chi connectivity index (χ2v) is 4.46. The third kappa shape index (κ3) is 2.69. The predicted octanol–water partition coefficient (Wildman–Crippen LogP) is -0.461. The van der Waals surface area contributed by atoms with Gasteiger partial charge in [0.1, 0.15) is 0 Å². The van der Waals surface area contributed by atoms with Crippen LogP contribution in [0.4, 0.5) is 5.69 Å². The number of hydrogen-bond acceptors (Lipinski definition) is 4. The zero-order valence-corrected chi connectivity index (χ0v) is 8.29. The molecule has 78 valence electrons. The Kier molecular flexibility index (Phi) is 3.45. The molecule has 1 aromatic carbocycles. The van der Waals surface area contributed by atoms with E-state index < -0.39 is 10.0 Å². The topological polar surface area (TPSA) is 92.4 Å². The summed E-state index contributed by atoms with van der Waals surface area (Å²) in [6.45, 7) is -0.221. The number of aliphatic hydroxyl groups is 1. The molecule has 0 aliphatic rings. The Balaban J connectivity index is 2.87. The number of nitrogen functional groups attached to an aromatic ring is 1. The number of hydrogen-bond donors (Lipinski definition) is 3. The zero-order valence-electron chi connectivity index (χ0n) is 7.47. The van der Waals surface area contributed by atoms with Crippen molar-refractivity contribution in [2.45, 2.75) is 4.90 Å². The molecule has 0 aliphatic carbocycles. The maximum absolute atomic E-state index is 11.4. The summed E-state index contributed by atoms with van der Waals surface area (Å²) in [4.78, 5) is 0.139. The van der Waals surface area contributed by atoms with E-state index in [1.165, 1.54) is 24.3 Å². The van der Waals surface area contributed by atoms with Crippen molar-refractivity contribution >= 4 is 15.7 Å². The molecule has 0 aliphatic heterocycles. The summed E-state index contributed by atoms with van der Waals surface area (Å²) < 4.78 is 25.1. The summed E-state index contributed by atoms with van der Waals surface area (Å²) in [6.07, 6.45) is 0. The smallest absolute Gasteiger partial charge is 0.240 e. The number of aliphatic hydroxyl groups excluding tert-OH is 1. The lowest BCUT2D eigenvalue weighted by atomic mass is 10.3. The minimum atomic E-state index is -3.50. The summed E-state index contributed by atoms with van der Waals surface area (Å²) >= 11 is 0. The summed E-state index contributed by atoms with van der Waals surface area (Å²) in [7, 11) is -3.50. The van der Waals surface area contributed by atoms with Crippen LogP contribution < -0.4 is 10.5 Å². The molecule has 0 saturated carbocycles. The normalized spacial score (nSPS) is 11.5. The van der Waals surface area contributed by atoms with Crippen LogP contribution in [0.15, 0.2) is 29.2 Å².